The number of aromatic nitrogens is 2. The first-order valence-electron chi connectivity index (χ1n) is 9.50. The molecule has 0 spiro atoms. The number of benzene rings is 2. The number of halogens is 3. The van der Waals surface area contributed by atoms with Crippen molar-refractivity contribution in [1.29, 1.82) is 0 Å². The van der Waals surface area contributed by atoms with E-state index in [1.807, 2.05) is 4.90 Å². The van der Waals surface area contributed by atoms with Gasteiger partial charge in [-0.05, 0) is 36.4 Å². The van der Waals surface area contributed by atoms with Crippen molar-refractivity contribution in [1.82, 2.24) is 14.9 Å². The van der Waals surface area contributed by atoms with Crippen LogP contribution in [0.15, 0.2) is 54.7 Å². The maximum Gasteiger partial charge on any atom is 0.321 e. The zero-order valence-corrected chi connectivity index (χ0v) is 18.5. The SMILES string of the molecule is O=C(Nc1cccc(Cl)c1)N1CCN(c2nccc(Oc3cc(Cl)cc(Cl)c3)n2)CC1. The number of urea groups is 1. The Morgan fingerprint density at radius 2 is 1.68 bits per heavy atom. The molecule has 1 N–H and O–H groups in total. The highest BCUT2D eigenvalue weighted by Gasteiger charge is 2.23. The number of nitrogens with one attached hydrogen (secondary N) is 1. The molecule has 1 saturated heterocycles. The normalized spacial score (nSPS) is 13.8. The van der Waals surface area contributed by atoms with Crippen LogP contribution in [0.4, 0.5) is 16.4 Å². The first-order chi connectivity index (χ1) is 15.0. The number of nitrogens with zero attached hydrogens (tertiary/aromatic N) is 4. The number of rotatable bonds is 4. The fourth-order valence-corrected chi connectivity index (χ4v) is 3.82. The van der Waals surface area contributed by atoms with Crippen molar-refractivity contribution in [2.45, 2.75) is 0 Å². The molecule has 31 heavy (non-hydrogen) atoms. The Bertz CT molecular complexity index is 1070. The molecule has 1 aromatic heterocycles. The van der Waals surface area contributed by atoms with Gasteiger partial charge in [0.05, 0.1) is 0 Å². The highest BCUT2D eigenvalue weighted by Crippen LogP contribution is 2.28. The van der Waals surface area contributed by atoms with Gasteiger partial charge in [-0.15, -0.1) is 0 Å². The molecular formula is C21H18Cl3N5O2. The van der Waals surface area contributed by atoms with Gasteiger partial charge in [0.1, 0.15) is 5.75 Å². The predicted molar refractivity (Wildman–Crippen MR) is 123 cm³/mol. The van der Waals surface area contributed by atoms with E-state index in [2.05, 4.69) is 15.3 Å². The van der Waals surface area contributed by atoms with E-state index < -0.39 is 0 Å². The molecule has 3 aromatic rings. The molecule has 160 valence electrons. The van der Waals surface area contributed by atoms with Crippen molar-refractivity contribution in [2.24, 2.45) is 0 Å². The summed E-state index contributed by atoms with van der Waals surface area (Å²) in [6.07, 6.45) is 1.63. The van der Waals surface area contributed by atoms with Gasteiger partial charge in [-0.25, -0.2) is 9.78 Å². The second-order valence-corrected chi connectivity index (χ2v) is 8.13. The van der Waals surface area contributed by atoms with E-state index in [0.29, 0.717) is 64.5 Å². The highest BCUT2D eigenvalue weighted by molar-refractivity contribution is 6.34. The minimum Gasteiger partial charge on any atom is -0.439 e. The summed E-state index contributed by atoms with van der Waals surface area (Å²) in [4.78, 5) is 25.1. The van der Waals surface area contributed by atoms with Crippen LogP contribution in [-0.4, -0.2) is 47.1 Å². The van der Waals surface area contributed by atoms with E-state index in [9.17, 15) is 4.79 Å². The average Bonchev–Trinajstić information content (AvgIpc) is 2.73. The molecule has 4 rings (SSSR count). The Morgan fingerprint density at radius 1 is 0.935 bits per heavy atom. The van der Waals surface area contributed by atoms with Crippen molar-refractivity contribution in [3.8, 4) is 11.6 Å². The number of anilines is 2. The Kier molecular flexibility index (Phi) is 6.65. The quantitative estimate of drug-likeness (QED) is 0.530. The van der Waals surface area contributed by atoms with Gasteiger partial charge >= 0.3 is 6.03 Å². The zero-order chi connectivity index (χ0) is 21.8. The molecule has 0 saturated carbocycles. The third-order valence-corrected chi connectivity index (χ3v) is 5.27. The van der Waals surface area contributed by atoms with Crippen LogP contribution in [0.3, 0.4) is 0 Å². The minimum atomic E-state index is -0.169. The molecule has 2 aromatic carbocycles. The third kappa shape index (κ3) is 5.70. The van der Waals surface area contributed by atoms with Crippen molar-refractivity contribution < 1.29 is 9.53 Å². The molecule has 0 unspecified atom stereocenters. The van der Waals surface area contributed by atoms with Crippen LogP contribution in [-0.2, 0) is 0 Å². The van der Waals surface area contributed by atoms with Gasteiger partial charge in [-0.2, -0.15) is 4.98 Å². The van der Waals surface area contributed by atoms with Crippen molar-refractivity contribution >= 4 is 52.5 Å². The zero-order valence-electron chi connectivity index (χ0n) is 16.3. The maximum atomic E-state index is 12.5. The van der Waals surface area contributed by atoms with Crippen LogP contribution in [0.2, 0.25) is 15.1 Å². The first-order valence-corrected chi connectivity index (χ1v) is 10.6. The standard InChI is InChI=1S/C21H18Cl3N5O2/c22-14-2-1-3-17(11-14)26-21(30)29-8-6-28(7-9-29)20-25-5-4-19(27-20)31-18-12-15(23)10-16(24)13-18/h1-5,10-13H,6-9H2,(H,26,30). The fraction of sp³-hybridized carbons (Fsp3) is 0.190. The van der Waals surface area contributed by atoms with Gasteiger partial charge in [0.15, 0.2) is 0 Å². The van der Waals surface area contributed by atoms with Gasteiger partial charge in [0.25, 0.3) is 0 Å². The van der Waals surface area contributed by atoms with Crippen LogP contribution in [0.25, 0.3) is 0 Å². The molecule has 1 fully saturated rings. The maximum absolute atomic E-state index is 12.5. The van der Waals surface area contributed by atoms with Crippen LogP contribution in [0, 0.1) is 0 Å². The summed E-state index contributed by atoms with van der Waals surface area (Å²) in [6, 6.07) is 13.5. The number of carbonyl (C=O) groups excluding carboxylic acids is 1. The predicted octanol–water partition coefficient (Wildman–Crippen LogP) is 5.58. The topological polar surface area (TPSA) is 70.6 Å². The van der Waals surface area contributed by atoms with Gasteiger partial charge in [-0.3, -0.25) is 0 Å². The lowest BCUT2D eigenvalue weighted by Gasteiger charge is -2.34. The van der Waals surface area contributed by atoms with Crippen molar-refractivity contribution in [3.63, 3.8) is 0 Å². The summed E-state index contributed by atoms with van der Waals surface area (Å²) in [5.74, 6) is 1.40. The molecule has 7 nitrogen and oxygen atoms in total. The highest BCUT2D eigenvalue weighted by atomic mass is 35.5. The molecule has 0 aliphatic carbocycles. The van der Waals surface area contributed by atoms with E-state index in [-0.39, 0.29) is 6.03 Å². The Morgan fingerprint density at radius 3 is 2.39 bits per heavy atom. The lowest BCUT2D eigenvalue weighted by molar-refractivity contribution is 0.208. The van der Waals surface area contributed by atoms with E-state index in [1.165, 1.54) is 0 Å². The molecule has 2 amide bonds. The second-order valence-electron chi connectivity index (χ2n) is 6.82. The Hall–Kier alpha value is -2.74. The summed E-state index contributed by atoms with van der Waals surface area (Å²) in [7, 11) is 0. The number of hydrogen-bond acceptors (Lipinski definition) is 5. The number of ether oxygens (including phenoxy) is 1. The number of hydrogen-bond donors (Lipinski definition) is 1. The van der Waals surface area contributed by atoms with Crippen molar-refractivity contribution in [2.75, 3.05) is 36.4 Å². The van der Waals surface area contributed by atoms with E-state index >= 15 is 0 Å². The van der Waals surface area contributed by atoms with Gasteiger partial charge < -0.3 is 19.9 Å². The molecule has 0 bridgehead atoms. The third-order valence-electron chi connectivity index (χ3n) is 4.60. The van der Waals surface area contributed by atoms with E-state index in [0.717, 1.165) is 0 Å². The summed E-state index contributed by atoms with van der Waals surface area (Å²) < 4.78 is 5.77. The monoisotopic (exact) mass is 477 g/mol. The molecular weight excluding hydrogens is 461 g/mol. The largest absolute Gasteiger partial charge is 0.439 e. The van der Waals surface area contributed by atoms with Crippen LogP contribution in [0.1, 0.15) is 0 Å². The van der Waals surface area contributed by atoms with Gasteiger partial charge in [0.2, 0.25) is 11.8 Å². The minimum absolute atomic E-state index is 0.169. The number of amides is 2. The smallest absolute Gasteiger partial charge is 0.321 e. The molecule has 2 heterocycles. The number of piperazine rings is 1. The fourth-order valence-electron chi connectivity index (χ4n) is 3.13. The van der Waals surface area contributed by atoms with Gasteiger partial charge in [-0.1, -0.05) is 40.9 Å². The van der Waals surface area contributed by atoms with Crippen LogP contribution >= 0.6 is 34.8 Å². The first kappa shape index (κ1) is 21.5. The van der Waals surface area contributed by atoms with E-state index in [1.54, 1.807) is 59.6 Å². The molecule has 0 atom stereocenters. The summed E-state index contributed by atoms with van der Waals surface area (Å²) in [5, 5.41) is 4.39. The summed E-state index contributed by atoms with van der Waals surface area (Å²) in [6.45, 7) is 2.25. The molecule has 1 aliphatic rings. The van der Waals surface area contributed by atoms with Crippen molar-refractivity contribution in [3.05, 3.63) is 69.8 Å². The average molecular weight is 479 g/mol. The Balaban J connectivity index is 1.36. The lowest BCUT2D eigenvalue weighted by atomic mass is 10.3. The second kappa shape index (κ2) is 9.60. The lowest BCUT2D eigenvalue weighted by Crippen LogP contribution is -2.50. The molecule has 10 heteroatoms. The van der Waals surface area contributed by atoms with Crippen LogP contribution in [0.5, 0.6) is 11.6 Å². The molecule has 1 aliphatic heterocycles. The summed E-state index contributed by atoms with van der Waals surface area (Å²) >= 11 is 18.0. The Labute approximate surface area is 194 Å². The molecule has 0 radical (unpaired) electrons. The summed E-state index contributed by atoms with van der Waals surface area (Å²) in [5.41, 5.74) is 0.661. The number of carbonyl (C=O) groups is 1. The van der Waals surface area contributed by atoms with Gasteiger partial charge in [0, 0.05) is 59.2 Å². The van der Waals surface area contributed by atoms with Crippen LogP contribution < -0.4 is 15.0 Å². The van der Waals surface area contributed by atoms with E-state index in [4.69, 9.17) is 39.5 Å².